The van der Waals surface area contributed by atoms with Crippen LogP contribution in [0.25, 0.3) is 17.3 Å². The quantitative estimate of drug-likeness (QED) is 0.632. The zero-order chi connectivity index (χ0) is 17.4. The van der Waals surface area contributed by atoms with Gasteiger partial charge in [-0.1, -0.05) is 36.5 Å². The molecule has 0 aliphatic carbocycles. The zero-order valence-electron chi connectivity index (χ0n) is 14.5. The summed E-state index contributed by atoms with van der Waals surface area (Å²) in [7, 11) is 0. The second-order valence-electron chi connectivity index (χ2n) is 5.05. The average molecular weight is 311 g/mol. The molecular formula is C19H25N3O. The predicted molar refractivity (Wildman–Crippen MR) is 98.3 cm³/mol. The van der Waals surface area contributed by atoms with Crippen molar-refractivity contribution < 1.29 is 4.79 Å². The molecule has 4 nitrogen and oxygen atoms in total. The molecule has 23 heavy (non-hydrogen) atoms. The molecule has 1 amide bonds. The molecule has 2 N–H and O–H groups in total. The highest BCUT2D eigenvalue weighted by Gasteiger charge is 2.16. The van der Waals surface area contributed by atoms with E-state index in [2.05, 4.69) is 5.10 Å². The lowest BCUT2D eigenvalue weighted by Gasteiger charge is -2.03. The van der Waals surface area contributed by atoms with Crippen LogP contribution in [0.15, 0.2) is 48.2 Å². The van der Waals surface area contributed by atoms with E-state index in [1.54, 1.807) is 17.7 Å². The predicted octanol–water partition coefficient (Wildman–Crippen LogP) is 4.19. The van der Waals surface area contributed by atoms with Gasteiger partial charge in [0.2, 0.25) is 0 Å². The van der Waals surface area contributed by atoms with Crippen molar-refractivity contribution in [3.8, 4) is 0 Å². The van der Waals surface area contributed by atoms with Crippen LogP contribution in [0, 0.1) is 0 Å². The molecule has 0 aromatic carbocycles. The maximum Gasteiger partial charge on any atom is 0.250 e. The van der Waals surface area contributed by atoms with Crippen LogP contribution in [-0.4, -0.2) is 15.7 Å². The van der Waals surface area contributed by atoms with E-state index < -0.39 is 5.91 Å². The molecular weight excluding hydrogens is 286 g/mol. The molecule has 0 saturated heterocycles. The fraction of sp³-hybridized carbons (Fsp3) is 0.263. The Bertz CT molecular complexity index is 713. The third-order valence-electron chi connectivity index (χ3n) is 3.26. The van der Waals surface area contributed by atoms with Gasteiger partial charge < -0.3 is 5.73 Å². The fourth-order valence-electron chi connectivity index (χ4n) is 2.25. The Hall–Kier alpha value is -2.62. The standard InChI is InChI=1S/C19H25N3O/c1-6-10-14(5)12-16(8-3)22-13-15(11-7-2)18(21-22)17(9-4)19(20)23/h6-13H,1-5H3,(H2,20,23)/b10-6-,11-7-,14-12-,16-8+,17-9+. The van der Waals surface area contributed by atoms with Gasteiger partial charge in [-0.3, -0.25) is 4.79 Å². The molecule has 4 heteroatoms. The van der Waals surface area contributed by atoms with E-state index in [0.29, 0.717) is 11.3 Å². The number of carbonyl (C=O) groups is 1. The van der Waals surface area contributed by atoms with Gasteiger partial charge in [0.1, 0.15) is 5.69 Å². The number of nitrogens with two attached hydrogens (primary N) is 1. The number of nitrogens with zero attached hydrogens (tertiary/aromatic N) is 2. The highest BCUT2D eigenvalue weighted by molar-refractivity contribution is 6.18. The number of rotatable bonds is 6. The Morgan fingerprint density at radius 1 is 1.17 bits per heavy atom. The molecule has 0 bridgehead atoms. The van der Waals surface area contributed by atoms with E-state index in [0.717, 1.165) is 16.8 Å². The molecule has 0 aliphatic rings. The van der Waals surface area contributed by atoms with Gasteiger partial charge in [-0.15, -0.1) is 0 Å². The van der Waals surface area contributed by atoms with Crippen molar-refractivity contribution in [2.24, 2.45) is 5.73 Å². The Balaban J connectivity index is 3.45. The molecule has 0 fully saturated rings. The lowest BCUT2D eigenvalue weighted by Crippen LogP contribution is -2.14. The molecule has 1 aromatic rings. The van der Waals surface area contributed by atoms with Crippen molar-refractivity contribution >= 4 is 23.3 Å². The zero-order valence-corrected chi connectivity index (χ0v) is 14.5. The molecule has 0 aliphatic heterocycles. The summed E-state index contributed by atoms with van der Waals surface area (Å²) in [6.45, 7) is 9.67. The monoisotopic (exact) mass is 311 g/mol. The van der Waals surface area contributed by atoms with E-state index in [1.807, 2.05) is 70.3 Å². The molecule has 1 rings (SSSR count). The highest BCUT2D eigenvalue weighted by atomic mass is 16.1. The number of aromatic nitrogens is 2. The lowest BCUT2D eigenvalue weighted by atomic mass is 10.1. The number of hydrogen-bond donors (Lipinski definition) is 1. The summed E-state index contributed by atoms with van der Waals surface area (Å²) >= 11 is 0. The van der Waals surface area contributed by atoms with Crippen molar-refractivity contribution in [2.75, 3.05) is 0 Å². The minimum Gasteiger partial charge on any atom is -0.366 e. The first-order chi connectivity index (χ1) is 11.0. The summed E-state index contributed by atoms with van der Waals surface area (Å²) in [4.78, 5) is 11.6. The van der Waals surface area contributed by atoms with Gasteiger partial charge in [-0.05, 0) is 46.3 Å². The van der Waals surface area contributed by atoms with Crippen molar-refractivity contribution in [2.45, 2.75) is 34.6 Å². The van der Waals surface area contributed by atoms with Crippen LogP contribution in [0.5, 0.6) is 0 Å². The summed E-state index contributed by atoms with van der Waals surface area (Å²) in [5, 5.41) is 4.56. The van der Waals surface area contributed by atoms with Gasteiger partial charge in [-0.2, -0.15) is 5.10 Å². The van der Waals surface area contributed by atoms with Crippen LogP contribution >= 0.6 is 0 Å². The first-order valence-electron chi connectivity index (χ1n) is 7.65. The van der Waals surface area contributed by atoms with Crippen molar-refractivity contribution in [3.05, 3.63) is 59.5 Å². The first kappa shape index (κ1) is 18.4. The minimum atomic E-state index is -0.480. The number of carbonyl (C=O) groups excluding carboxylic acids is 1. The van der Waals surface area contributed by atoms with Crippen LogP contribution in [0.2, 0.25) is 0 Å². The Labute approximate surface area is 138 Å². The summed E-state index contributed by atoms with van der Waals surface area (Å²) < 4.78 is 1.77. The van der Waals surface area contributed by atoms with Crippen molar-refractivity contribution in [3.63, 3.8) is 0 Å². The number of allylic oxidation sites excluding steroid dienone is 8. The van der Waals surface area contributed by atoms with E-state index in [-0.39, 0.29) is 0 Å². The van der Waals surface area contributed by atoms with E-state index in [9.17, 15) is 4.79 Å². The summed E-state index contributed by atoms with van der Waals surface area (Å²) in [6.07, 6.45) is 15.5. The fourth-order valence-corrected chi connectivity index (χ4v) is 2.25. The summed E-state index contributed by atoms with van der Waals surface area (Å²) in [5.74, 6) is -0.480. The lowest BCUT2D eigenvalue weighted by molar-refractivity contribution is -0.112. The van der Waals surface area contributed by atoms with Gasteiger partial charge in [-0.25, -0.2) is 4.68 Å². The van der Waals surface area contributed by atoms with Gasteiger partial charge in [0.05, 0.1) is 11.3 Å². The SMILES string of the molecule is C\C=C/C(C)=C\C(=C/C)n1cc(/C=C\C)c(/C(=C\C)C(N)=O)n1. The smallest absolute Gasteiger partial charge is 0.250 e. The van der Waals surface area contributed by atoms with Gasteiger partial charge in [0.15, 0.2) is 0 Å². The van der Waals surface area contributed by atoms with E-state index >= 15 is 0 Å². The average Bonchev–Trinajstić information content (AvgIpc) is 2.89. The molecule has 0 unspecified atom stereocenters. The van der Waals surface area contributed by atoms with Crippen molar-refractivity contribution in [1.82, 2.24) is 9.78 Å². The molecule has 0 saturated carbocycles. The third kappa shape index (κ3) is 4.68. The number of primary amides is 1. The molecule has 122 valence electrons. The molecule has 0 atom stereocenters. The van der Waals surface area contributed by atoms with Crippen LogP contribution in [0.3, 0.4) is 0 Å². The van der Waals surface area contributed by atoms with Crippen LogP contribution < -0.4 is 5.73 Å². The van der Waals surface area contributed by atoms with E-state index in [4.69, 9.17) is 5.73 Å². The van der Waals surface area contributed by atoms with Gasteiger partial charge >= 0.3 is 0 Å². The Morgan fingerprint density at radius 3 is 2.35 bits per heavy atom. The summed E-state index contributed by atoms with van der Waals surface area (Å²) in [5.41, 5.74) is 9.38. The molecule has 0 radical (unpaired) electrons. The number of amides is 1. The Kier molecular flexibility index (Phi) is 7.00. The van der Waals surface area contributed by atoms with E-state index in [1.165, 1.54) is 0 Å². The molecule has 0 spiro atoms. The highest BCUT2D eigenvalue weighted by Crippen LogP contribution is 2.22. The maximum atomic E-state index is 11.6. The minimum absolute atomic E-state index is 0.418. The third-order valence-corrected chi connectivity index (χ3v) is 3.26. The van der Waals surface area contributed by atoms with Crippen LogP contribution in [0.4, 0.5) is 0 Å². The Morgan fingerprint density at radius 2 is 1.87 bits per heavy atom. The second kappa shape index (κ2) is 8.73. The van der Waals surface area contributed by atoms with Crippen molar-refractivity contribution in [1.29, 1.82) is 0 Å². The van der Waals surface area contributed by atoms with Gasteiger partial charge in [0, 0.05) is 11.8 Å². The molecule has 1 aromatic heterocycles. The first-order valence-corrected chi connectivity index (χ1v) is 7.65. The summed E-state index contributed by atoms with van der Waals surface area (Å²) in [6, 6.07) is 0. The topological polar surface area (TPSA) is 60.9 Å². The normalized spacial score (nSPS) is 14.2. The maximum absolute atomic E-state index is 11.6. The number of hydrogen-bond acceptors (Lipinski definition) is 2. The largest absolute Gasteiger partial charge is 0.366 e. The van der Waals surface area contributed by atoms with Crippen LogP contribution in [0.1, 0.15) is 45.9 Å². The molecule has 1 heterocycles. The van der Waals surface area contributed by atoms with Crippen LogP contribution in [-0.2, 0) is 4.79 Å². The van der Waals surface area contributed by atoms with Gasteiger partial charge in [0.25, 0.3) is 5.91 Å². The second-order valence-corrected chi connectivity index (χ2v) is 5.05.